The van der Waals surface area contributed by atoms with Gasteiger partial charge in [-0.05, 0) is 30.3 Å². The minimum atomic E-state index is -0.640. The SMILES string of the molecule is O=C(/C=C/c1ccccc1[N+](=O)[O-])NNC(=O)c1ccc2c(c1)OCCO2. The van der Waals surface area contributed by atoms with Crippen LogP contribution in [0, 0.1) is 10.1 Å². The van der Waals surface area contributed by atoms with Crippen LogP contribution in [0.5, 0.6) is 11.5 Å². The van der Waals surface area contributed by atoms with E-state index in [9.17, 15) is 19.7 Å². The highest BCUT2D eigenvalue weighted by atomic mass is 16.6. The second kappa shape index (κ2) is 8.00. The van der Waals surface area contributed by atoms with Crippen LogP contribution in [0.15, 0.2) is 48.5 Å². The highest BCUT2D eigenvalue weighted by Gasteiger charge is 2.15. The summed E-state index contributed by atoms with van der Waals surface area (Å²) in [5.74, 6) is -0.177. The first-order valence-electron chi connectivity index (χ1n) is 7.96. The molecule has 0 saturated carbocycles. The third-order valence-electron chi connectivity index (χ3n) is 3.65. The molecule has 0 saturated heterocycles. The van der Waals surface area contributed by atoms with Crippen molar-refractivity contribution in [3.05, 3.63) is 69.8 Å². The van der Waals surface area contributed by atoms with Gasteiger partial charge in [-0.15, -0.1) is 0 Å². The lowest BCUT2D eigenvalue weighted by atomic mass is 10.1. The van der Waals surface area contributed by atoms with E-state index < -0.39 is 16.7 Å². The predicted molar refractivity (Wildman–Crippen MR) is 95.2 cm³/mol. The molecule has 0 aliphatic carbocycles. The Morgan fingerprint density at radius 3 is 2.56 bits per heavy atom. The van der Waals surface area contributed by atoms with Crippen molar-refractivity contribution in [2.45, 2.75) is 0 Å². The van der Waals surface area contributed by atoms with Gasteiger partial charge in [0, 0.05) is 17.7 Å². The molecule has 9 heteroatoms. The molecule has 2 N–H and O–H groups in total. The Labute approximate surface area is 153 Å². The minimum absolute atomic E-state index is 0.123. The molecule has 0 fully saturated rings. The Morgan fingerprint density at radius 1 is 1.04 bits per heavy atom. The van der Waals surface area contributed by atoms with Gasteiger partial charge in [-0.2, -0.15) is 0 Å². The molecule has 0 radical (unpaired) electrons. The molecule has 138 valence electrons. The molecule has 0 unspecified atom stereocenters. The number of carbonyl (C=O) groups excluding carboxylic acids is 2. The second-order valence-electron chi connectivity index (χ2n) is 5.45. The van der Waals surface area contributed by atoms with Gasteiger partial charge in [0.2, 0.25) is 0 Å². The van der Waals surface area contributed by atoms with Crippen LogP contribution in [0.4, 0.5) is 5.69 Å². The van der Waals surface area contributed by atoms with E-state index in [1.807, 2.05) is 0 Å². The Kier molecular flexibility index (Phi) is 5.31. The van der Waals surface area contributed by atoms with E-state index in [1.54, 1.807) is 12.1 Å². The number of rotatable bonds is 4. The summed E-state index contributed by atoms with van der Waals surface area (Å²) in [4.78, 5) is 34.4. The summed E-state index contributed by atoms with van der Waals surface area (Å²) in [5, 5.41) is 10.9. The number of fused-ring (bicyclic) bond motifs is 1. The summed E-state index contributed by atoms with van der Waals surface area (Å²) in [7, 11) is 0. The Hall–Kier alpha value is -3.88. The summed E-state index contributed by atoms with van der Waals surface area (Å²) >= 11 is 0. The summed E-state index contributed by atoms with van der Waals surface area (Å²) < 4.78 is 10.8. The molecule has 2 aromatic carbocycles. The van der Waals surface area contributed by atoms with Gasteiger partial charge in [-0.1, -0.05) is 12.1 Å². The minimum Gasteiger partial charge on any atom is -0.486 e. The Balaban J connectivity index is 1.59. The maximum absolute atomic E-state index is 12.1. The molecule has 0 bridgehead atoms. The van der Waals surface area contributed by atoms with Crippen molar-refractivity contribution in [2.75, 3.05) is 13.2 Å². The fourth-order valence-corrected chi connectivity index (χ4v) is 2.38. The normalized spacial score (nSPS) is 12.4. The van der Waals surface area contributed by atoms with Gasteiger partial charge in [0.25, 0.3) is 17.5 Å². The Morgan fingerprint density at radius 2 is 1.78 bits per heavy atom. The van der Waals surface area contributed by atoms with Crippen molar-refractivity contribution in [2.24, 2.45) is 0 Å². The third kappa shape index (κ3) is 4.40. The van der Waals surface area contributed by atoms with Gasteiger partial charge in [-0.3, -0.25) is 30.6 Å². The van der Waals surface area contributed by atoms with Crippen LogP contribution in [0.1, 0.15) is 15.9 Å². The molecule has 1 aliphatic rings. The van der Waals surface area contributed by atoms with Crippen molar-refractivity contribution in [3.8, 4) is 11.5 Å². The fraction of sp³-hybridized carbons (Fsp3) is 0.111. The molecule has 9 nitrogen and oxygen atoms in total. The molecule has 1 heterocycles. The van der Waals surface area contributed by atoms with Gasteiger partial charge in [0.1, 0.15) is 13.2 Å². The molecule has 1 aliphatic heterocycles. The number of nitrogens with zero attached hydrogens (tertiary/aromatic N) is 1. The van der Waals surface area contributed by atoms with E-state index in [1.165, 1.54) is 36.4 Å². The van der Waals surface area contributed by atoms with E-state index in [4.69, 9.17) is 9.47 Å². The van der Waals surface area contributed by atoms with Crippen molar-refractivity contribution in [1.82, 2.24) is 10.9 Å². The number of nitro groups is 1. The van der Waals surface area contributed by atoms with Crippen molar-refractivity contribution < 1.29 is 24.0 Å². The van der Waals surface area contributed by atoms with Gasteiger partial charge >= 0.3 is 0 Å². The average Bonchev–Trinajstić information content (AvgIpc) is 2.70. The molecule has 2 aromatic rings. The number of amides is 2. The van der Waals surface area contributed by atoms with E-state index in [-0.39, 0.29) is 16.8 Å². The summed E-state index contributed by atoms with van der Waals surface area (Å²) in [5.41, 5.74) is 4.90. The van der Waals surface area contributed by atoms with E-state index >= 15 is 0 Å². The first-order chi connectivity index (χ1) is 13.0. The number of hydrogen-bond acceptors (Lipinski definition) is 6. The number of carbonyl (C=O) groups is 2. The standard InChI is InChI=1S/C18H15N3O6/c22-17(8-6-12-3-1-2-4-14(12)21(24)25)19-20-18(23)13-5-7-15-16(11-13)27-10-9-26-15/h1-8,11H,9-10H2,(H,19,22)(H,20,23)/b8-6+. The number of ether oxygens (including phenoxy) is 2. The molecule has 2 amide bonds. The van der Waals surface area contributed by atoms with Crippen LogP contribution in [0.25, 0.3) is 6.08 Å². The highest BCUT2D eigenvalue weighted by molar-refractivity contribution is 5.98. The summed E-state index contributed by atoms with van der Waals surface area (Å²) in [6.07, 6.45) is 2.39. The van der Waals surface area contributed by atoms with Crippen molar-refractivity contribution in [3.63, 3.8) is 0 Å². The lowest BCUT2D eigenvalue weighted by molar-refractivity contribution is -0.385. The molecular weight excluding hydrogens is 354 g/mol. The molecule has 3 rings (SSSR count). The topological polar surface area (TPSA) is 120 Å². The van der Waals surface area contributed by atoms with Crippen molar-refractivity contribution in [1.29, 1.82) is 0 Å². The second-order valence-corrected chi connectivity index (χ2v) is 5.45. The number of nitro benzene ring substituents is 1. The van der Waals surface area contributed by atoms with E-state index in [2.05, 4.69) is 10.9 Å². The quantitative estimate of drug-likeness (QED) is 0.482. The first kappa shape index (κ1) is 17.9. The lowest BCUT2D eigenvalue weighted by Crippen LogP contribution is -2.40. The lowest BCUT2D eigenvalue weighted by Gasteiger charge is -2.18. The van der Waals surface area contributed by atoms with Crippen LogP contribution in [-0.2, 0) is 4.79 Å². The van der Waals surface area contributed by atoms with Gasteiger partial charge in [0.15, 0.2) is 11.5 Å². The molecular formula is C18H15N3O6. The fourth-order valence-electron chi connectivity index (χ4n) is 2.38. The van der Waals surface area contributed by atoms with Crippen LogP contribution in [-0.4, -0.2) is 30.0 Å². The maximum atomic E-state index is 12.1. The Bertz CT molecular complexity index is 925. The van der Waals surface area contributed by atoms with E-state index in [0.717, 1.165) is 6.08 Å². The van der Waals surface area contributed by atoms with Crippen LogP contribution < -0.4 is 20.3 Å². The zero-order valence-corrected chi connectivity index (χ0v) is 14.0. The number of nitrogens with one attached hydrogen (secondary N) is 2. The first-order valence-corrected chi connectivity index (χ1v) is 7.96. The number of hydrogen-bond donors (Lipinski definition) is 2. The van der Waals surface area contributed by atoms with Crippen LogP contribution in [0.3, 0.4) is 0 Å². The molecule has 0 atom stereocenters. The summed E-state index contributed by atoms with van der Waals surface area (Å²) in [6, 6.07) is 10.7. The average molecular weight is 369 g/mol. The molecule has 0 aromatic heterocycles. The zero-order chi connectivity index (χ0) is 19.2. The van der Waals surface area contributed by atoms with Crippen molar-refractivity contribution >= 4 is 23.6 Å². The maximum Gasteiger partial charge on any atom is 0.276 e. The van der Waals surface area contributed by atoms with Gasteiger partial charge in [-0.25, -0.2) is 0 Å². The number of para-hydroxylation sites is 1. The predicted octanol–water partition coefficient (Wildman–Crippen LogP) is 1.84. The third-order valence-corrected chi connectivity index (χ3v) is 3.65. The van der Waals surface area contributed by atoms with Crippen LogP contribution in [0.2, 0.25) is 0 Å². The highest BCUT2D eigenvalue weighted by Crippen LogP contribution is 2.30. The molecule has 27 heavy (non-hydrogen) atoms. The molecule has 0 spiro atoms. The number of hydrazine groups is 1. The summed E-state index contributed by atoms with van der Waals surface area (Å²) in [6.45, 7) is 0.839. The van der Waals surface area contributed by atoms with Gasteiger partial charge < -0.3 is 9.47 Å². The smallest absolute Gasteiger partial charge is 0.276 e. The van der Waals surface area contributed by atoms with Gasteiger partial charge in [0.05, 0.1) is 10.5 Å². The largest absolute Gasteiger partial charge is 0.486 e. The monoisotopic (exact) mass is 369 g/mol. The zero-order valence-electron chi connectivity index (χ0n) is 14.0. The van der Waals surface area contributed by atoms with Crippen LogP contribution >= 0.6 is 0 Å². The number of benzene rings is 2. The van der Waals surface area contributed by atoms with E-state index in [0.29, 0.717) is 24.7 Å².